The van der Waals surface area contributed by atoms with E-state index in [1.54, 1.807) is 11.8 Å². The van der Waals surface area contributed by atoms with Crippen LogP contribution < -0.4 is 4.90 Å². The number of tetrazole rings is 1. The van der Waals surface area contributed by atoms with Crippen molar-refractivity contribution in [2.24, 2.45) is 0 Å². The van der Waals surface area contributed by atoms with Crippen LogP contribution in [0.5, 0.6) is 0 Å². The summed E-state index contributed by atoms with van der Waals surface area (Å²) < 4.78 is 49.3. The lowest BCUT2D eigenvalue weighted by molar-refractivity contribution is -0.138. The minimum absolute atomic E-state index is 0.0693. The summed E-state index contributed by atoms with van der Waals surface area (Å²) in [5.74, 6) is -0.577. The van der Waals surface area contributed by atoms with Gasteiger partial charge in [-0.2, -0.15) is 13.2 Å². The molecule has 0 N–H and O–H groups in total. The monoisotopic (exact) mass is 752 g/mol. The molecular weight excluding hydrogens is 714 g/mol. The lowest BCUT2D eigenvalue weighted by atomic mass is 9.77. The van der Waals surface area contributed by atoms with Gasteiger partial charge in [0.2, 0.25) is 0 Å². The highest BCUT2D eigenvalue weighted by Gasteiger charge is 2.42. The van der Waals surface area contributed by atoms with E-state index in [0.717, 1.165) is 51.2 Å². The molecule has 0 aliphatic heterocycles. The second kappa shape index (κ2) is 16.4. The molecule has 7 rings (SSSR count). The fourth-order valence-corrected chi connectivity index (χ4v) is 7.29. The van der Waals surface area contributed by atoms with Crippen molar-refractivity contribution in [2.45, 2.75) is 38.5 Å². The van der Waals surface area contributed by atoms with Crippen LogP contribution in [0, 0.1) is 0 Å². The van der Waals surface area contributed by atoms with Crippen molar-refractivity contribution in [1.29, 1.82) is 0 Å². The largest absolute Gasteiger partial charge is 0.462 e. The number of alkyl halides is 3. The molecule has 2 aromatic heterocycles. The van der Waals surface area contributed by atoms with Crippen LogP contribution in [-0.2, 0) is 23.0 Å². The Morgan fingerprint density at radius 1 is 0.714 bits per heavy atom. The molecule has 5 aromatic carbocycles. The molecule has 0 unspecified atom stereocenters. The summed E-state index contributed by atoms with van der Waals surface area (Å²) in [7, 11) is 0. The second-order valence-electron chi connectivity index (χ2n) is 13.2. The second-order valence-corrected chi connectivity index (χ2v) is 13.2. The first kappa shape index (κ1) is 37.7. The van der Waals surface area contributed by atoms with Gasteiger partial charge in [-0.1, -0.05) is 146 Å². The first-order valence-corrected chi connectivity index (χ1v) is 18.4. The van der Waals surface area contributed by atoms with Gasteiger partial charge in [0.15, 0.2) is 5.82 Å². The smallest absolute Gasteiger partial charge is 0.417 e. The summed E-state index contributed by atoms with van der Waals surface area (Å²) in [6.45, 7) is 3.97. The first-order valence-electron chi connectivity index (χ1n) is 18.4. The average Bonchev–Trinajstić information content (AvgIpc) is 3.72. The van der Waals surface area contributed by atoms with Crippen molar-refractivity contribution in [3.05, 3.63) is 185 Å². The maximum absolute atomic E-state index is 14.1. The molecule has 11 heteroatoms. The third-order valence-corrected chi connectivity index (χ3v) is 9.68. The SMILES string of the molecule is CCCN(Cc1ccc(-c2ccccc2-c2nnnn2C(c2ccccc2)(c2ccccc2)c2ccccc2)cc1)c1nccc(C(F)(F)F)c1C(=O)OCC. The highest BCUT2D eigenvalue weighted by atomic mass is 19.4. The van der Waals surface area contributed by atoms with Crippen molar-refractivity contribution in [1.82, 2.24) is 25.2 Å². The average molecular weight is 753 g/mol. The fraction of sp³-hybridized carbons (Fsp3) is 0.178. The van der Waals surface area contributed by atoms with Crippen LogP contribution >= 0.6 is 0 Å². The molecule has 0 amide bonds. The number of anilines is 1. The molecule has 0 bridgehead atoms. The number of esters is 1. The summed E-state index contributed by atoms with van der Waals surface area (Å²) in [6, 6.07) is 47.1. The number of halogens is 3. The zero-order valence-electron chi connectivity index (χ0n) is 30.9. The number of hydrogen-bond acceptors (Lipinski definition) is 7. The Balaban J connectivity index is 1.30. The highest BCUT2D eigenvalue weighted by Crippen LogP contribution is 2.43. The van der Waals surface area contributed by atoms with E-state index in [2.05, 4.69) is 51.7 Å². The van der Waals surface area contributed by atoms with E-state index in [1.165, 1.54) is 0 Å². The zero-order valence-corrected chi connectivity index (χ0v) is 30.9. The summed E-state index contributed by atoms with van der Waals surface area (Å²) in [5.41, 5.74) is 3.71. The van der Waals surface area contributed by atoms with Gasteiger partial charge in [-0.05, 0) is 63.2 Å². The van der Waals surface area contributed by atoms with Crippen LogP contribution in [0.3, 0.4) is 0 Å². The van der Waals surface area contributed by atoms with Gasteiger partial charge >= 0.3 is 12.1 Å². The molecule has 7 aromatic rings. The van der Waals surface area contributed by atoms with Crippen LogP contribution in [0.4, 0.5) is 19.0 Å². The maximum Gasteiger partial charge on any atom is 0.417 e. The molecule has 282 valence electrons. The number of carbonyl (C=O) groups is 1. The van der Waals surface area contributed by atoms with Crippen LogP contribution in [0.1, 0.15) is 58.4 Å². The Morgan fingerprint density at radius 2 is 1.27 bits per heavy atom. The predicted octanol–water partition coefficient (Wildman–Crippen LogP) is 9.85. The van der Waals surface area contributed by atoms with Gasteiger partial charge in [-0.3, -0.25) is 0 Å². The van der Waals surface area contributed by atoms with Gasteiger partial charge in [0.1, 0.15) is 16.9 Å². The molecular formula is C45H39F3N6O2. The lowest BCUT2D eigenvalue weighted by Gasteiger charge is -2.36. The topological polar surface area (TPSA) is 86.0 Å². The van der Waals surface area contributed by atoms with E-state index < -0.39 is 28.8 Å². The normalized spacial score (nSPS) is 11.7. The Kier molecular flexibility index (Phi) is 11.0. The van der Waals surface area contributed by atoms with Crippen LogP contribution in [0.2, 0.25) is 0 Å². The van der Waals surface area contributed by atoms with Gasteiger partial charge in [-0.15, -0.1) is 5.10 Å². The number of ether oxygens (including phenoxy) is 1. The van der Waals surface area contributed by atoms with Gasteiger partial charge in [-0.25, -0.2) is 14.5 Å². The van der Waals surface area contributed by atoms with Gasteiger partial charge in [0.05, 0.1) is 12.2 Å². The lowest BCUT2D eigenvalue weighted by Crippen LogP contribution is -2.39. The minimum Gasteiger partial charge on any atom is -0.462 e. The number of benzene rings is 5. The van der Waals surface area contributed by atoms with E-state index in [4.69, 9.17) is 9.95 Å². The van der Waals surface area contributed by atoms with Crippen molar-refractivity contribution in [3.63, 3.8) is 0 Å². The number of pyridine rings is 1. The van der Waals surface area contributed by atoms with Crippen molar-refractivity contribution in [2.75, 3.05) is 18.1 Å². The summed E-state index contributed by atoms with van der Waals surface area (Å²) in [5, 5.41) is 13.6. The summed E-state index contributed by atoms with van der Waals surface area (Å²) in [4.78, 5) is 18.9. The van der Waals surface area contributed by atoms with E-state index in [9.17, 15) is 18.0 Å². The maximum atomic E-state index is 14.1. The van der Waals surface area contributed by atoms with Gasteiger partial charge in [0.25, 0.3) is 0 Å². The van der Waals surface area contributed by atoms with E-state index in [0.29, 0.717) is 18.8 Å². The third-order valence-electron chi connectivity index (χ3n) is 9.68. The van der Waals surface area contributed by atoms with Crippen LogP contribution in [-0.4, -0.2) is 44.3 Å². The molecule has 0 spiro atoms. The molecule has 2 heterocycles. The highest BCUT2D eigenvalue weighted by molar-refractivity contribution is 5.96. The molecule has 56 heavy (non-hydrogen) atoms. The number of carbonyl (C=O) groups excluding carboxylic acids is 1. The fourth-order valence-electron chi connectivity index (χ4n) is 7.29. The molecule has 0 saturated heterocycles. The Morgan fingerprint density at radius 3 is 1.80 bits per heavy atom. The molecule has 0 aliphatic rings. The van der Waals surface area contributed by atoms with Crippen LogP contribution in [0.15, 0.2) is 152 Å². The number of nitrogens with zero attached hydrogens (tertiary/aromatic N) is 6. The molecule has 0 radical (unpaired) electrons. The molecule has 0 aliphatic carbocycles. The van der Waals surface area contributed by atoms with E-state index in [-0.39, 0.29) is 19.0 Å². The van der Waals surface area contributed by atoms with Gasteiger partial charge < -0.3 is 9.64 Å². The molecule has 0 saturated carbocycles. The molecule has 0 fully saturated rings. The Hall–Kier alpha value is -6.62. The zero-order chi connectivity index (χ0) is 39.1. The Bertz CT molecular complexity index is 2290. The Labute approximate surface area is 323 Å². The standard InChI is InChI=1S/C45H39F3N6O2/c1-3-30-53(42-40(43(55)56-4-2)39(28-29-49-42)45(46,47)48)31-32-24-26-33(27-25-32)37-22-14-15-23-38(37)41-50-51-52-54(41)44(34-16-8-5-9-17-34,35-18-10-6-11-19-35)36-20-12-7-13-21-36/h5-29H,3-4,30-31H2,1-2H3. The predicted molar refractivity (Wildman–Crippen MR) is 210 cm³/mol. The quantitative estimate of drug-likeness (QED) is 0.0857. The van der Waals surface area contributed by atoms with Crippen LogP contribution in [0.25, 0.3) is 22.5 Å². The van der Waals surface area contributed by atoms with Crippen molar-refractivity contribution < 1.29 is 22.7 Å². The van der Waals surface area contributed by atoms with Crippen molar-refractivity contribution >= 4 is 11.8 Å². The third kappa shape index (κ3) is 7.27. The number of rotatable bonds is 13. The van der Waals surface area contributed by atoms with E-state index in [1.807, 2.05) is 115 Å². The molecule has 0 atom stereocenters. The van der Waals surface area contributed by atoms with Gasteiger partial charge in [0, 0.05) is 24.8 Å². The van der Waals surface area contributed by atoms with Crippen molar-refractivity contribution in [3.8, 4) is 22.5 Å². The number of hydrogen-bond donors (Lipinski definition) is 0. The number of aromatic nitrogens is 5. The summed E-state index contributed by atoms with van der Waals surface area (Å²) >= 11 is 0. The van der Waals surface area contributed by atoms with E-state index >= 15 is 0 Å². The first-order chi connectivity index (χ1) is 27.3. The minimum atomic E-state index is -4.77. The molecule has 8 nitrogen and oxygen atoms in total. The summed E-state index contributed by atoms with van der Waals surface area (Å²) in [6.07, 6.45) is -3.08.